The van der Waals surface area contributed by atoms with Crippen LogP contribution < -0.4 is 0 Å². The molecule has 1 amide bonds. The molecule has 1 aromatic heterocycles. The number of nitrogens with zero attached hydrogens (tertiary/aromatic N) is 4. The molecule has 0 saturated heterocycles. The molecule has 1 aromatic rings. The third-order valence-electron chi connectivity index (χ3n) is 3.60. The normalized spacial score (nSPS) is 19.5. The zero-order chi connectivity index (χ0) is 16.3. The van der Waals surface area contributed by atoms with Gasteiger partial charge in [-0.15, -0.1) is 0 Å². The molecule has 1 aliphatic heterocycles. The predicted octanol–water partition coefficient (Wildman–Crippen LogP) is -0.621. The third kappa shape index (κ3) is 4.28. The number of sulfonamides is 1. The van der Waals surface area contributed by atoms with E-state index in [1.54, 1.807) is 26.6 Å². The minimum atomic E-state index is -3.30. The first kappa shape index (κ1) is 16.9. The topological polar surface area (TPSA) is 84.7 Å². The average molecular weight is 330 g/mol. The van der Waals surface area contributed by atoms with Crippen LogP contribution in [0.1, 0.15) is 5.69 Å². The second kappa shape index (κ2) is 6.76. The Hall–Kier alpha value is -1.45. The summed E-state index contributed by atoms with van der Waals surface area (Å²) in [6.07, 6.45) is 4.57. The highest BCUT2D eigenvalue weighted by molar-refractivity contribution is 7.88. The zero-order valence-corrected chi connectivity index (χ0v) is 13.9. The van der Waals surface area contributed by atoms with Gasteiger partial charge < -0.3 is 14.2 Å². The fourth-order valence-corrected chi connectivity index (χ4v) is 3.16. The van der Waals surface area contributed by atoms with Crippen molar-refractivity contribution in [3.05, 3.63) is 18.2 Å². The Morgan fingerprint density at radius 2 is 2.18 bits per heavy atom. The minimum Gasteiger partial charge on any atom is -0.371 e. The van der Waals surface area contributed by atoms with Crippen LogP contribution >= 0.6 is 0 Å². The lowest BCUT2D eigenvalue weighted by atomic mass is 10.1. The summed E-state index contributed by atoms with van der Waals surface area (Å²) in [5.41, 5.74) is 0.859. The molecule has 0 bridgehead atoms. The van der Waals surface area contributed by atoms with E-state index < -0.39 is 10.0 Å². The molecular weight excluding hydrogens is 308 g/mol. The summed E-state index contributed by atoms with van der Waals surface area (Å²) >= 11 is 0. The van der Waals surface area contributed by atoms with Crippen LogP contribution in [-0.2, 0) is 32.6 Å². The van der Waals surface area contributed by atoms with E-state index in [1.165, 1.54) is 15.5 Å². The van der Waals surface area contributed by atoms with Crippen molar-refractivity contribution in [2.45, 2.75) is 13.1 Å². The van der Waals surface area contributed by atoms with Gasteiger partial charge in [0.1, 0.15) is 6.61 Å². The van der Waals surface area contributed by atoms with Crippen molar-refractivity contribution < 1.29 is 17.9 Å². The van der Waals surface area contributed by atoms with Gasteiger partial charge in [0.2, 0.25) is 15.9 Å². The average Bonchev–Trinajstić information content (AvgIpc) is 2.76. The summed E-state index contributed by atoms with van der Waals surface area (Å²) in [4.78, 5) is 17.0. The molecule has 8 nitrogen and oxygen atoms in total. The highest BCUT2D eigenvalue weighted by atomic mass is 32.2. The molecule has 0 N–H and O–H groups in total. The van der Waals surface area contributed by atoms with Gasteiger partial charge >= 0.3 is 0 Å². The Labute approximate surface area is 130 Å². The number of imidazole rings is 1. The lowest BCUT2D eigenvalue weighted by Gasteiger charge is -2.22. The van der Waals surface area contributed by atoms with Crippen LogP contribution in [0, 0.1) is 5.92 Å². The first-order chi connectivity index (χ1) is 10.3. The van der Waals surface area contributed by atoms with Crippen molar-refractivity contribution in [2.24, 2.45) is 5.92 Å². The highest BCUT2D eigenvalue weighted by Gasteiger charge is 2.27. The van der Waals surface area contributed by atoms with E-state index in [0.29, 0.717) is 26.2 Å². The Balaban J connectivity index is 2.03. The number of carbonyl (C=O) groups is 1. The number of carbonyl (C=O) groups excluding carboxylic acids is 1. The van der Waals surface area contributed by atoms with Crippen LogP contribution in [0.3, 0.4) is 0 Å². The van der Waals surface area contributed by atoms with E-state index >= 15 is 0 Å². The van der Waals surface area contributed by atoms with Crippen molar-refractivity contribution in [3.63, 3.8) is 0 Å². The van der Waals surface area contributed by atoms with Gasteiger partial charge in [0.15, 0.2) is 0 Å². The highest BCUT2D eigenvalue weighted by Crippen LogP contribution is 2.18. The van der Waals surface area contributed by atoms with Gasteiger partial charge in [0, 0.05) is 39.3 Å². The molecule has 0 radical (unpaired) electrons. The number of aromatic nitrogens is 2. The molecular formula is C13H22N4O4S. The van der Waals surface area contributed by atoms with E-state index in [1.807, 2.05) is 4.57 Å². The molecule has 0 aromatic carbocycles. The van der Waals surface area contributed by atoms with Gasteiger partial charge in [0.25, 0.3) is 0 Å². The quantitative estimate of drug-likeness (QED) is 0.718. The van der Waals surface area contributed by atoms with Crippen LogP contribution in [0.2, 0.25) is 0 Å². The van der Waals surface area contributed by atoms with Crippen LogP contribution in [0.4, 0.5) is 0 Å². The molecule has 9 heteroatoms. The molecule has 2 heterocycles. The first-order valence-corrected chi connectivity index (χ1v) is 8.84. The van der Waals surface area contributed by atoms with Gasteiger partial charge in [-0.25, -0.2) is 13.4 Å². The Bertz CT molecular complexity index is 626. The molecule has 0 unspecified atom stereocenters. The monoisotopic (exact) mass is 330 g/mol. The minimum absolute atomic E-state index is 0.000833. The summed E-state index contributed by atoms with van der Waals surface area (Å²) < 4.78 is 32.6. The standard InChI is InChI=1S/C13H22N4O4S/c1-15(2)13(18)9-21-8-11-5-16-10-14-4-12(16)7-17(6-11)22(3,19)20/h4,10-11H,5-9H2,1-3H3/t11-/m1/s1. The molecule has 1 atom stereocenters. The number of ether oxygens (including phenoxy) is 1. The maximum atomic E-state index is 11.9. The molecule has 124 valence electrons. The number of amides is 1. The SMILES string of the molecule is CN(C)C(=O)COC[C@H]1CN(S(C)(=O)=O)Cc2cncn2C1. The molecule has 1 aliphatic rings. The van der Waals surface area contributed by atoms with E-state index in [-0.39, 0.29) is 18.4 Å². The molecule has 0 aliphatic carbocycles. The van der Waals surface area contributed by atoms with Gasteiger partial charge in [-0.1, -0.05) is 0 Å². The zero-order valence-electron chi connectivity index (χ0n) is 13.1. The second-order valence-electron chi connectivity index (χ2n) is 5.76. The number of hydrogen-bond donors (Lipinski definition) is 0. The van der Waals surface area contributed by atoms with Gasteiger partial charge in [-0.05, 0) is 0 Å². The predicted molar refractivity (Wildman–Crippen MR) is 80.5 cm³/mol. The van der Waals surface area contributed by atoms with E-state index in [4.69, 9.17) is 4.74 Å². The van der Waals surface area contributed by atoms with E-state index in [9.17, 15) is 13.2 Å². The number of hydrogen-bond acceptors (Lipinski definition) is 5. The lowest BCUT2D eigenvalue weighted by molar-refractivity contribution is -0.134. The van der Waals surface area contributed by atoms with Crippen molar-refractivity contribution in [3.8, 4) is 0 Å². The van der Waals surface area contributed by atoms with Crippen LogP contribution in [-0.4, -0.2) is 73.2 Å². The maximum absolute atomic E-state index is 11.9. The summed E-state index contributed by atoms with van der Waals surface area (Å²) in [6, 6.07) is 0. The van der Waals surface area contributed by atoms with Crippen molar-refractivity contribution >= 4 is 15.9 Å². The van der Waals surface area contributed by atoms with E-state index in [0.717, 1.165) is 5.69 Å². The second-order valence-corrected chi connectivity index (χ2v) is 7.74. The van der Waals surface area contributed by atoms with E-state index in [2.05, 4.69) is 4.98 Å². The van der Waals surface area contributed by atoms with Crippen molar-refractivity contribution in [1.82, 2.24) is 18.8 Å². The Morgan fingerprint density at radius 3 is 2.82 bits per heavy atom. The van der Waals surface area contributed by atoms with Crippen molar-refractivity contribution in [2.75, 3.05) is 40.1 Å². The lowest BCUT2D eigenvalue weighted by Crippen LogP contribution is -2.35. The number of likely N-dealkylation sites (N-methyl/N-ethyl adjacent to an activating group) is 1. The largest absolute Gasteiger partial charge is 0.371 e. The maximum Gasteiger partial charge on any atom is 0.248 e. The molecule has 2 rings (SSSR count). The molecule has 22 heavy (non-hydrogen) atoms. The van der Waals surface area contributed by atoms with Gasteiger partial charge in [-0.2, -0.15) is 4.31 Å². The summed E-state index contributed by atoms with van der Waals surface area (Å²) in [6.45, 7) is 1.63. The fraction of sp³-hybridized carbons (Fsp3) is 0.692. The summed E-state index contributed by atoms with van der Waals surface area (Å²) in [5.74, 6) is -0.142. The molecule has 0 fully saturated rings. The van der Waals surface area contributed by atoms with Crippen LogP contribution in [0.15, 0.2) is 12.5 Å². The van der Waals surface area contributed by atoms with Crippen molar-refractivity contribution in [1.29, 1.82) is 0 Å². The van der Waals surface area contributed by atoms with Crippen LogP contribution in [0.5, 0.6) is 0 Å². The van der Waals surface area contributed by atoms with Gasteiger partial charge in [-0.3, -0.25) is 4.79 Å². The smallest absolute Gasteiger partial charge is 0.248 e. The summed E-state index contributed by atoms with van der Waals surface area (Å²) in [5, 5.41) is 0. The number of fused-ring (bicyclic) bond motifs is 1. The molecule has 0 saturated carbocycles. The Morgan fingerprint density at radius 1 is 1.45 bits per heavy atom. The summed E-state index contributed by atoms with van der Waals surface area (Å²) in [7, 11) is 0.0383. The first-order valence-electron chi connectivity index (χ1n) is 6.99. The van der Waals surface area contributed by atoms with Crippen LogP contribution in [0.25, 0.3) is 0 Å². The fourth-order valence-electron chi connectivity index (χ4n) is 2.31. The van der Waals surface area contributed by atoms with Gasteiger partial charge in [0.05, 0.1) is 31.4 Å². The molecule has 0 spiro atoms. The Kier molecular flexibility index (Phi) is 5.20. The number of rotatable bonds is 5. The third-order valence-corrected chi connectivity index (χ3v) is 4.82.